The highest BCUT2D eigenvalue weighted by molar-refractivity contribution is 5.94. The van der Waals surface area contributed by atoms with Gasteiger partial charge in [0.25, 0.3) is 0 Å². The van der Waals surface area contributed by atoms with Gasteiger partial charge >= 0.3 is 6.01 Å². The zero-order valence-corrected chi connectivity index (χ0v) is 20.5. The molecule has 35 heavy (non-hydrogen) atoms. The van der Waals surface area contributed by atoms with Crippen molar-refractivity contribution in [2.75, 3.05) is 42.6 Å². The number of unbranched alkanes of at least 4 members (excludes halogenated alkanes) is 2. The minimum Gasteiger partial charge on any atom is -0.463 e. The highest BCUT2D eigenvalue weighted by Crippen LogP contribution is 2.34. The van der Waals surface area contributed by atoms with E-state index >= 15 is 0 Å². The van der Waals surface area contributed by atoms with Gasteiger partial charge in [-0.15, -0.1) is 0 Å². The van der Waals surface area contributed by atoms with Crippen LogP contribution in [0.25, 0.3) is 10.8 Å². The van der Waals surface area contributed by atoms with E-state index in [1.54, 1.807) is 0 Å². The summed E-state index contributed by atoms with van der Waals surface area (Å²) in [5.74, 6) is 0.988. The minimum atomic E-state index is 0.157. The third-order valence-electron chi connectivity index (χ3n) is 7.00. The van der Waals surface area contributed by atoms with Crippen LogP contribution in [0, 0.1) is 11.3 Å². The number of anilines is 2. The first-order valence-corrected chi connectivity index (χ1v) is 12.9. The van der Waals surface area contributed by atoms with Gasteiger partial charge in [0.05, 0.1) is 31.3 Å². The van der Waals surface area contributed by atoms with Crippen molar-refractivity contribution >= 4 is 22.3 Å². The van der Waals surface area contributed by atoms with Crippen LogP contribution in [0.5, 0.6) is 6.01 Å². The van der Waals surface area contributed by atoms with Gasteiger partial charge in [-0.3, -0.25) is 0 Å². The fourth-order valence-electron chi connectivity index (χ4n) is 5.18. The Morgan fingerprint density at radius 2 is 1.97 bits per heavy atom. The molecular weight excluding hydrogens is 436 g/mol. The summed E-state index contributed by atoms with van der Waals surface area (Å²) in [6.45, 7) is 6.97. The molecule has 1 atom stereocenters. The van der Waals surface area contributed by atoms with Crippen LogP contribution in [0.2, 0.25) is 0 Å². The molecule has 1 aromatic heterocycles. The van der Waals surface area contributed by atoms with Crippen molar-refractivity contribution in [3.63, 3.8) is 0 Å². The number of hydrogen-bond acceptors (Lipinski definition) is 7. The quantitative estimate of drug-likeness (QED) is 0.487. The molecule has 2 aromatic carbocycles. The summed E-state index contributed by atoms with van der Waals surface area (Å²) >= 11 is 0. The maximum absolute atomic E-state index is 9.21. The summed E-state index contributed by atoms with van der Waals surface area (Å²) in [7, 11) is 0. The molecule has 1 fully saturated rings. The van der Waals surface area contributed by atoms with Crippen LogP contribution in [-0.4, -0.2) is 48.8 Å². The van der Waals surface area contributed by atoms with Crippen molar-refractivity contribution in [3.05, 3.63) is 53.7 Å². The van der Waals surface area contributed by atoms with Gasteiger partial charge in [-0.25, -0.2) is 0 Å². The zero-order valence-electron chi connectivity index (χ0n) is 20.5. The molecule has 1 N–H and O–H groups in total. The van der Waals surface area contributed by atoms with Crippen molar-refractivity contribution in [1.29, 1.82) is 5.26 Å². The number of ether oxygens (including phenoxy) is 1. The largest absolute Gasteiger partial charge is 0.463 e. The lowest BCUT2D eigenvalue weighted by atomic mass is 10.0. The molecule has 3 aromatic rings. The molecule has 0 saturated carbocycles. The molecule has 3 heterocycles. The first kappa shape index (κ1) is 23.4. The second kappa shape index (κ2) is 10.9. The van der Waals surface area contributed by atoms with E-state index in [2.05, 4.69) is 70.6 Å². The molecular formula is C28H34N6O. The number of hydrogen-bond donors (Lipinski definition) is 1. The maximum atomic E-state index is 9.21. The van der Waals surface area contributed by atoms with Gasteiger partial charge in [-0.05, 0) is 24.3 Å². The number of nitriles is 1. The van der Waals surface area contributed by atoms with Crippen LogP contribution < -0.4 is 19.9 Å². The molecule has 0 spiro atoms. The van der Waals surface area contributed by atoms with E-state index in [9.17, 15) is 5.26 Å². The van der Waals surface area contributed by atoms with E-state index in [-0.39, 0.29) is 6.04 Å². The Hall–Kier alpha value is -3.37. The highest BCUT2D eigenvalue weighted by Gasteiger charge is 2.29. The summed E-state index contributed by atoms with van der Waals surface area (Å²) in [4.78, 5) is 14.6. The minimum absolute atomic E-state index is 0.157. The van der Waals surface area contributed by atoms with Crippen molar-refractivity contribution < 1.29 is 4.74 Å². The van der Waals surface area contributed by atoms with Gasteiger partial charge in [0.15, 0.2) is 0 Å². The van der Waals surface area contributed by atoms with Crippen LogP contribution in [0.1, 0.15) is 43.9 Å². The summed E-state index contributed by atoms with van der Waals surface area (Å²) in [6, 6.07) is 18.0. The van der Waals surface area contributed by atoms with E-state index in [4.69, 9.17) is 14.7 Å². The van der Waals surface area contributed by atoms with Gasteiger partial charge in [-0.2, -0.15) is 15.2 Å². The molecule has 2 aliphatic rings. The number of aromatic nitrogens is 2. The Morgan fingerprint density at radius 1 is 1.09 bits per heavy atom. The number of nitrogens with one attached hydrogen (secondary N) is 1. The summed E-state index contributed by atoms with van der Waals surface area (Å²) in [6.07, 6.45) is 4.68. The van der Waals surface area contributed by atoms with E-state index < -0.39 is 0 Å². The number of rotatable bonds is 8. The average Bonchev–Trinajstić information content (AvgIpc) is 2.90. The van der Waals surface area contributed by atoms with E-state index in [0.717, 1.165) is 69.9 Å². The van der Waals surface area contributed by atoms with E-state index in [1.165, 1.54) is 22.0 Å². The van der Waals surface area contributed by atoms with Crippen molar-refractivity contribution in [2.45, 2.75) is 51.6 Å². The molecule has 7 heteroatoms. The van der Waals surface area contributed by atoms with Crippen LogP contribution in [0.15, 0.2) is 42.5 Å². The number of benzene rings is 2. The van der Waals surface area contributed by atoms with Crippen molar-refractivity contribution in [2.24, 2.45) is 0 Å². The topological polar surface area (TPSA) is 77.3 Å². The van der Waals surface area contributed by atoms with E-state index in [1.807, 2.05) is 0 Å². The van der Waals surface area contributed by atoms with Crippen LogP contribution in [0.4, 0.5) is 11.5 Å². The number of piperazine rings is 1. The van der Waals surface area contributed by atoms with Crippen molar-refractivity contribution in [1.82, 2.24) is 15.3 Å². The second-order valence-electron chi connectivity index (χ2n) is 9.44. The Bertz CT molecular complexity index is 1200. The molecule has 2 aliphatic heterocycles. The van der Waals surface area contributed by atoms with E-state index in [0.29, 0.717) is 19.0 Å². The van der Waals surface area contributed by atoms with Gasteiger partial charge < -0.3 is 19.9 Å². The third kappa shape index (κ3) is 5.18. The van der Waals surface area contributed by atoms with Gasteiger partial charge in [0, 0.05) is 48.9 Å². The normalized spacial score (nSPS) is 17.8. The van der Waals surface area contributed by atoms with Gasteiger partial charge in [-0.1, -0.05) is 56.2 Å². The monoisotopic (exact) mass is 470 g/mol. The third-order valence-corrected chi connectivity index (χ3v) is 7.00. The zero-order chi connectivity index (χ0) is 24.0. The maximum Gasteiger partial charge on any atom is 0.318 e. The molecule has 1 unspecified atom stereocenters. The standard InChI is InChI=1S/C28H34N6O/c1-2-3-6-18-35-28-31-25-20-33(26-11-7-9-21-8-4-5-10-23(21)26)16-13-24(25)27(32-28)34-17-15-30-22(19-34)12-14-29/h4-5,7-11,22,30H,2-3,6,12-13,15-20H2,1H3. The van der Waals surface area contributed by atoms with Crippen LogP contribution >= 0.6 is 0 Å². The Labute approximate surface area is 207 Å². The molecule has 0 amide bonds. The molecule has 0 bridgehead atoms. The van der Waals surface area contributed by atoms with Gasteiger partial charge in [0.1, 0.15) is 5.82 Å². The van der Waals surface area contributed by atoms with Crippen molar-refractivity contribution in [3.8, 4) is 12.1 Å². The first-order chi connectivity index (χ1) is 17.3. The predicted octanol–water partition coefficient (Wildman–Crippen LogP) is 4.45. The SMILES string of the molecule is CCCCCOc1nc2c(c(N3CCNC(CC#N)C3)n1)CCN(c1cccc3ccccc13)C2. The fraction of sp³-hybridized carbons (Fsp3) is 0.464. The molecule has 1 saturated heterocycles. The molecule has 0 radical (unpaired) electrons. The molecule has 7 nitrogen and oxygen atoms in total. The second-order valence-corrected chi connectivity index (χ2v) is 9.44. The molecule has 182 valence electrons. The summed E-state index contributed by atoms with van der Waals surface area (Å²) < 4.78 is 6.06. The first-order valence-electron chi connectivity index (χ1n) is 12.9. The fourth-order valence-corrected chi connectivity index (χ4v) is 5.18. The Kier molecular flexibility index (Phi) is 7.29. The lowest BCUT2D eigenvalue weighted by molar-refractivity contribution is 0.281. The summed E-state index contributed by atoms with van der Waals surface area (Å²) in [5.41, 5.74) is 3.52. The Morgan fingerprint density at radius 3 is 2.86 bits per heavy atom. The average molecular weight is 471 g/mol. The molecule has 5 rings (SSSR count). The Balaban J connectivity index is 1.46. The highest BCUT2D eigenvalue weighted by atomic mass is 16.5. The number of nitrogens with zero attached hydrogens (tertiary/aromatic N) is 5. The lowest BCUT2D eigenvalue weighted by Crippen LogP contribution is -2.51. The van der Waals surface area contributed by atoms with Crippen LogP contribution in [0.3, 0.4) is 0 Å². The smallest absolute Gasteiger partial charge is 0.318 e. The number of fused-ring (bicyclic) bond motifs is 2. The van der Waals surface area contributed by atoms with Gasteiger partial charge in [0.2, 0.25) is 0 Å². The van der Waals surface area contributed by atoms with Crippen LogP contribution in [-0.2, 0) is 13.0 Å². The summed E-state index contributed by atoms with van der Waals surface area (Å²) in [5, 5.41) is 15.2. The lowest BCUT2D eigenvalue weighted by Gasteiger charge is -2.37. The predicted molar refractivity (Wildman–Crippen MR) is 140 cm³/mol. The molecule has 0 aliphatic carbocycles.